The smallest absolute Gasteiger partial charge is 0.178 e. The van der Waals surface area contributed by atoms with Crippen LogP contribution in [-0.2, 0) is 0 Å². The monoisotopic (exact) mass is 147 g/mol. The maximum absolute atomic E-state index is 3.28. The van der Waals surface area contributed by atoms with Crippen LogP contribution in [0.1, 0.15) is 0 Å². The fraction of sp³-hybridized carbons (Fsp3) is 0. The van der Waals surface area contributed by atoms with Crippen molar-refractivity contribution in [2.75, 3.05) is 4.23 Å². The van der Waals surface area contributed by atoms with E-state index < -0.39 is 0 Å². The molecule has 0 atom stereocenters. The van der Waals surface area contributed by atoms with Gasteiger partial charge in [0, 0.05) is 5.69 Å². The first kappa shape index (κ1) is 6.57. The van der Waals surface area contributed by atoms with Crippen LogP contribution in [0.3, 0.4) is 0 Å². The van der Waals surface area contributed by atoms with Crippen molar-refractivity contribution in [3.05, 3.63) is 30.3 Å². The van der Waals surface area contributed by atoms with E-state index in [-0.39, 0.29) is 0 Å². The number of anilines is 1. The second-order valence-electron chi connectivity index (χ2n) is 1.67. The van der Waals surface area contributed by atoms with E-state index in [1.807, 2.05) is 30.3 Å². The van der Waals surface area contributed by atoms with E-state index in [2.05, 4.69) is 20.8 Å². The second kappa shape index (κ2) is 2.84. The average Bonchev–Trinajstić information content (AvgIpc) is 1.90. The number of rotatable bonds is 1. The second-order valence-corrected chi connectivity index (χ2v) is 3.01. The summed E-state index contributed by atoms with van der Waals surface area (Å²) < 4.78 is 1.69. The summed E-state index contributed by atoms with van der Waals surface area (Å²) in [7, 11) is 6.55. The van der Waals surface area contributed by atoms with Crippen LogP contribution in [0.5, 0.6) is 0 Å². The SMILES string of the molecule is [Si]N([Si])c1ccccc1. The van der Waals surface area contributed by atoms with Crippen molar-refractivity contribution in [3.8, 4) is 0 Å². The Balaban J connectivity index is 2.85. The fourth-order valence-electron chi connectivity index (χ4n) is 0.577. The van der Waals surface area contributed by atoms with Gasteiger partial charge in [-0.15, -0.1) is 0 Å². The average molecular weight is 147 g/mol. The quantitative estimate of drug-likeness (QED) is 0.527. The Hall–Kier alpha value is -0.546. The molecule has 0 N–H and O–H groups in total. The maximum atomic E-state index is 3.28. The van der Waals surface area contributed by atoms with Crippen LogP contribution in [-0.4, -0.2) is 20.8 Å². The molecule has 9 heavy (non-hydrogen) atoms. The van der Waals surface area contributed by atoms with E-state index in [9.17, 15) is 0 Å². The van der Waals surface area contributed by atoms with Crippen molar-refractivity contribution in [2.45, 2.75) is 0 Å². The zero-order valence-electron chi connectivity index (χ0n) is 4.83. The highest BCUT2D eigenvalue weighted by molar-refractivity contribution is 6.41. The molecule has 1 nitrogen and oxygen atoms in total. The van der Waals surface area contributed by atoms with E-state index in [1.54, 1.807) is 4.23 Å². The lowest BCUT2D eigenvalue weighted by atomic mass is 10.3. The van der Waals surface area contributed by atoms with Gasteiger partial charge < -0.3 is 4.23 Å². The molecule has 0 bridgehead atoms. The van der Waals surface area contributed by atoms with Gasteiger partial charge in [0.2, 0.25) is 0 Å². The minimum absolute atomic E-state index is 1.07. The molecule has 0 amide bonds. The van der Waals surface area contributed by atoms with Gasteiger partial charge in [-0.05, 0) is 12.1 Å². The number of benzene rings is 1. The molecule has 0 aliphatic rings. The zero-order valence-corrected chi connectivity index (χ0v) is 6.83. The number of nitrogens with zero attached hydrogens (tertiary/aromatic N) is 1. The summed E-state index contributed by atoms with van der Waals surface area (Å²) in [6.45, 7) is 0. The summed E-state index contributed by atoms with van der Waals surface area (Å²) in [5.74, 6) is 0. The molecule has 1 aromatic rings. The van der Waals surface area contributed by atoms with Crippen molar-refractivity contribution >= 4 is 26.5 Å². The minimum Gasteiger partial charge on any atom is -0.429 e. The van der Waals surface area contributed by atoms with Gasteiger partial charge in [0.1, 0.15) is 0 Å². The largest absolute Gasteiger partial charge is 0.429 e. The lowest BCUT2D eigenvalue weighted by Crippen LogP contribution is -2.12. The highest BCUT2D eigenvalue weighted by Gasteiger charge is 1.88. The van der Waals surface area contributed by atoms with Crippen molar-refractivity contribution in [3.63, 3.8) is 0 Å². The van der Waals surface area contributed by atoms with Gasteiger partial charge in [0.15, 0.2) is 20.8 Å². The molecule has 0 heterocycles. The molecule has 0 unspecified atom stereocenters. The van der Waals surface area contributed by atoms with E-state index in [0.717, 1.165) is 5.69 Å². The molecule has 1 rings (SSSR count). The van der Waals surface area contributed by atoms with Crippen LogP contribution in [0.25, 0.3) is 0 Å². The topological polar surface area (TPSA) is 3.24 Å². The minimum atomic E-state index is 1.07. The molecule has 0 aliphatic heterocycles. The summed E-state index contributed by atoms with van der Waals surface area (Å²) in [4.78, 5) is 0. The summed E-state index contributed by atoms with van der Waals surface area (Å²) in [5, 5.41) is 0. The van der Waals surface area contributed by atoms with E-state index >= 15 is 0 Å². The molecule has 1 aromatic carbocycles. The van der Waals surface area contributed by atoms with E-state index in [0.29, 0.717) is 0 Å². The summed E-state index contributed by atoms with van der Waals surface area (Å²) in [6, 6.07) is 9.90. The van der Waals surface area contributed by atoms with Crippen LogP contribution in [0.15, 0.2) is 30.3 Å². The Kier molecular flexibility index (Phi) is 2.07. The standard InChI is InChI=1S/C6H5NSi2/c8-7(9)6-4-2-1-3-5-6/h1-5H. The Morgan fingerprint density at radius 3 is 1.89 bits per heavy atom. The number of hydrogen-bond acceptors (Lipinski definition) is 1. The summed E-state index contributed by atoms with van der Waals surface area (Å²) in [6.07, 6.45) is 0. The molecule has 42 valence electrons. The van der Waals surface area contributed by atoms with Gasteiger partial charge in [-0.1, -0.05) is 18.2 Å². The third kappa shape index (κ3) is 1.69. The van der Waals surface area contributed by atoms with Gasteiger partial charge in [-0.2, -0.15) is 0 Å². The molecule has 0 aliphatic carbocycles. The molecule has 3 heteroatoms. The summed E-state index contributed by atoms with van der Waals surface area (Å²) >= 11 is 0. The predicted octanol–water partition coefficient (Wildman–Crippen LogP) is 0.660. The van der Waals surface area contributed by atoms with Gasteiger partial charge in [0.25, 0.3) is 0 Å². The lowest BCUT2D eigenvalue weighted by molar-refractivity contribution is 1.58. The van der Waals surface area contributed by atoms with Gasteiger partial charge in [-0.3, -0.25) is 0 Å². The molecule has 0 fully saturated rings. The van der Waals surface area contributed by atoms with Crippen molar-refractivity contribution < 1.29 is 0 Å². The Morgan fingerprint density at radius 2 is 1.56 bits per heavy atom. The molecule has 0 spiro atoms. The molecular weight excluding hydrogens is 142 g/mol. The van der Waals surface area contributed by atoms with Gasteiger partial charge >= 0.3 is 0 Å². The third-order valence-electron chi connectivity index (χ3n) is 1.01. The van der Waals surface area contributed by atoms with Crippen LogP contribution in [0.2, 0.25) is 0 Å². The Morgan fingerprint density at radius 1 is 1.00 bits per heavy atom. The van der Waals surface area contributed by atoms with Gasteiger partial charge in [-0.25, -0.2) is 0 Å². The summed E-state index contributed by atoms with van der Waals surface area (Å²) in [5.41, 5.74) is 1.07. The number of para-hydroxylation sites is 1. The molecular formula is C6H5NSi2. The first-order valence-electron chi connectivity index (χ1n) is 2.58. The van der Waals surface area contributed by atoms with Crippen molar-refractivity contribution in [1.29, 1.82) is 0 Å². The van der Waals surface area contributed by atoms with E-state index in [1.165, 1.54) is 0 Å². The van der Waals surface area contributed by atoms with Crippen LogP contribution >= 0.6 is 0 Å². The molecule has 0 aromatic heterocycles. The normalized spacial score (nSPS) is 9.11. The predicted molar refractivity (Wildman–Crippen MR) is 40.4 cm³/mol. The zero-order chi connectivity index (χ0) is 6.69. The van der Waals surface area contributed by atoms with Crippen LogP contribution in [0, 0.1) is 0 Å². The Bertz CT molecular complexity index is 174. The van der Waals surface area contributed by atoms with Crippen molar-refractivity contribution in [1.82, 2.24) is 0 Å². The highest BCUT2D eigenvalue weighted by Crippen LogP contribution is 2.06. The molecule has 0 saturated carbocycles. The fourth-order valence-corrected chi connectivity index (χ4v) is 0.875. The Labute approximate surface area is 61.7 Å². The molecule has 6 radical (unpaired) electrons. The number of hydrogen-bond donors (Lipinski definition) is 0. The first-order chi connectivity index (χ1) is 4.30. The van der Waals surface area contributed by atoms with Gasteiger partial charge in [0.05, 0.1) is 0 Å². The third-order valence-corrected chi connectivity index (χ3v) is 1.53. The maximum Gasteiger partial charge on any atom is 0.178 e. The van der Waals surface area contributed by atoms with Crippen molar-refractivity contribution in [2.24, 2.45) is 0 Å². The van der Waals surface area contributed by atoms with Crippen LogP contribution in [0.4, 0.5) is 5.69 Å². The first-order valence-corrected chi connectivity index (χ1v) is 3.48. The van der Waals surface area contributed by atoms with Crippen LogP contribution < -0.4 is 4.23 Å². The lowest BCUT2D eigenvalue weighted by Gasteiger charge is -2.10. The highest BCUT2D eigenvalue weighted by atomic mass is 28.2. The van der Waals surface area contributed by atoms with E-state index in [4.69, 9.17) is 0 Å². The molecule has 0 saturated heterocycles.